The first-order chi connectivity index (χ1) is 12.2. The van der Waals surface area contributed by atoms with E-state index in [-0.39, 0.29) is 5.75 Å². The zero-order valence-corrected chi connectivity index (χ0v) is 14.6. The topological polar surface area (TPSA) is 45.6 Å². The maximum Gasteiger partial charge on any atom is 0.160 e. The average Bonchev–Trinajstić information content (AvgIpc) is 3.15. The van der Waals surface area contributed by atoms with Crippen molar-refractivity contribution >= 4 is 16.6 Å². The molecular weight excluding hydrogens is 312 g/mol. The van der Waals surface area contributed by atoms with Crippen LogP contribution >= 0.6 is 0 Å². The van der Waals surface area contributed by atoms with Crippen LogP contribution in [0.5, 0.6) is 11.5 Å². The molecule has 0 amide bonds. The smallest absolute Gasteiger partial charge is 0.160 e. The van der Waals surface area contributed by atoms with E-state index in [9.17, 15) is 5.11 Å². The Morgan fingerprint density at radius 2 is 1.72 bits per heavy atom. The molecule has 128 valence electrons. The first-order valence-electron chi connectivity index (χ1n) is 8.69. The number of pyridine rings is 1. The lowest BCUT2D eigenvalue weighted by Gasteiger charge is -2.20. The van der Waals surface area contributed by atoms with Crippen molar-refractivity contribution in [1.29, 1.82) is 0 Å². The third-order valence-electron chi connectivity index (χ3n) is 4.88. The summed E-state index contributed by atoms with van der Waals surface area (Å²) < 4.78 is 5.13. The van der Waals surface area contributed by atoms with Crippen LogP contribution in [-0.4, -0.2) is 30.3 Å². The van der Waals surface area contributed by atoms with Gasteiger partial charge in [0.15, 0.2) is 11.5 Å². The van der Waals surface area contributed by atoms with Crippen LogP contribution < -0.4 is 9.64 Å². The van der Waals surface area contributed by atoms with Crippen molar-refractivity contribution in [1.82, 2.24) is 4.98 Å². The Morgan fingerprint density at radius 1 is 1.00 bits per heavy atom. The normalized spacial score (nSPS) is 14.2. The SMILES string of the molecule is COc1ccc(-c2ccc3c(N4CCCC4)cc(C)nc3c2)cc1O. The number of aryl methyl sites for hydroxylation is 1. The number of anilines is 1. The summed E-state index contributed by atoms with van der Waals surface area (Å²) in [7, 11) is 1.55. The molecule has 0 unspecified atom stereocenters. The van der Waals surface area contributed by atoms with Crippen LogP contribution in [0.1, 0.15) is 18.5 Å². The minimum Gasteiger partial charge on any atom is -0.504 e. The quantitative estimate of drug-likeness (QED) is 0.765. The van der Waals surface area contributed by atoms with E-state index in [1.807, 2.05) is 13.0 Å². The van der Waals surface area contributed by atoms with Crippen molar-refractivity contribution in [2.24, 2.45) is 0 Å². The molecule has 25 heavy (non-hydrogen) atoms. The van der Waals surface area contributed by atoms with Gasteiger partial charge in [-0.15, -0.1) is 0 Å². The highest BCUT2D eigenvalue weighted by molar-refractivity contribution is 5.94. The molecule has 1 fully saturated rings. The second kappa shape index (κ2) is 6.28. The van der Waals surface area contributed by atoms with E-state index in [1.165, 1.54) is 23.9 Å². The molecule has 4 rings (SSSR count). The Hall–Kier alpha value is -2.75. The summed E-state index contributed by atoms with van der Waals surface area (Å²) in [4.78, 5) is 7.19. The lowest BCUT2D eigenvalue weighted by molar-refractivity contribution is 0.373. The fourth-order valence-corrected chi connectivity index (χ4v) is 3.61. The summed E-state index contributed by atoms with van der Waals surface area (Å²) >= 11 is 0. The molecule has 1 aliphatic rings. The molecule has 1 saturated heterocycles. The van der Waals surface area contributed by atoms with Crippen LogP contribution in [0, 0.1) is 6.92 Å². The standard InChI is InChI=1S/C21H22N2O2/c1-14-11-19(23-9-3-4-10-23)17-7-5-15(12-18(17)22-14)16-6-8-21(25-2)20(24)13-16/h5-8,11-13,24H,3-4,9-10H2,1-2H3. The van der Waals surface area contributed by atoms with E-state index in [4.69, 9.17) is 9.72 Å². The number of ether oxygens (including phenoxy) is 1. The molecular formula is C21H22N2O2. The minimum absolute atomic E-state index is 0.148. The summed E-state index contributed by atoms with van der Waals surface area (Å²) in [6.07, 6.45) is 2.51. The number of benzene rings is 2. The van der Waals surface area contributed by atoms with Gasteiger partial charge < -0.3 is 14.7 Å². The van der Waals surface area contributed by atoms with E-state index in [1.54, 1.807) is 19.2 Å². The van der Waals surface area contributed by atoms with Gasteiger partial charge in [-0.3, -0.25) is 4.98 Å². The van der Waals surface area contributed by atoms with Gasteiger partial charge in [0.25, 0.3) is 0 Å². The monoisotopic (exact) mass is 334 g/mol. The molecule has 0 bridgehead atoms. The zero-order valence-electron chi connectivity index (χ0n) is 14.6. The molecule has 0 spiro atoms. The van der Waals surface area contributed by atoms with E-state index >= 15 is 0 Å². The third kappa shape index (κ3) is 2.88. The number of phenolic OH excluding ortho intramolecular Hbond substituents is 1. The zero-order chi connectivity index (χ0) is 17.4. The Bertz CT molecular complexity index is 931. The van der Waals surface area contributed by atoms with Crippen molar-refractivity contribution in [2.45, 2.75) is 19.8 Å². The van der Waals surface area contributed by atoms with E-state index in [0.29, 0.717) is 5.75 Å². The van der Waals surface area contributed by atoms with Crippen LogP contribution in [0.2, 0.25) is 0 Å². The van der Waals surface area contributed by atoms with Crippen LogP contribution in [0.3, 0.4) is 0 Å². The number of hydrogen-bond donors (Lipinski definition) is 1. The molecule has 0 atom stereocenters. The molecule has 0 aliphatic carbocycles. The maximum absolute atomic E-state index is 10.1. The van der Waals surface area contributed by atoms with Gasteiger partial charge in [0.2, 0.25) is 0 Å². The van der Waals surface area contributed by atoms with Crippen LogP contribution in [0.25, 0.3) is 22.0 Å². The largest absolute Gasteiger partial charge is 0.504 e. The second-order valence-corrected chi connectivity index (χ2v) is 6.60. The predicted molar refractivity (Wildman–Crippen MR) is 102 cm³/mol. The van der Waals surface area contributed by atoms with Gasteiger partial charge in [-0.25, -0.2) is 0 Å². The Balaban J connectivity index is 1.81. The number of phenols is 1. The van der Waals surface area contributed by atoms with Crippen molar-refractivity contribution in [3.8, 4) is 22.6 Å². The highest BCUT2D eigenvalue weighted by Crippen LogP contribution is 2.35. The van der Waals surface area contributed by atoms with Gasteiger partial charge >= 0.3 is 0 Å². The van der Waals surface area contributed by atoms with Crippen LogP contribution in [-0.2, 0) is 0 Å². The fourth-order valence-electron chi connectivity index (χ4n) is 3.61. The predicted octanol–water partition coefficient (Wildman–Crippen LogP) is 4.52. The Kier molecular flexibility index (Phi) is 3.96. The van der Waals surface area contributed by atoms with E-state index < -0.39 is 0 Å². The van der Waals surface area contributed by atoms with Gasteiger partial charge in [0, 0.05) is 29.9 Å². The molecule has 4 heteroatoms. The summed E-state index contributed by atoms with van der Waals surface area (Å²) in [5, 5.41) is 11.2. The molecule has 1 aliphatic heterocycles. The molecule has 1 N–H and O–H groups in total. The van der Waals surface area contributed by atoms with E-state index in [0.717, 1.165) is 35.4 Å². The van der Waals surface area contributed by atoms with Crippen molar-refractivity contribution in [3.05, 3.63) is 48.2 Å². The number of nitrogens with zero attached hydrogens (tertiary/aromatic N) is 2. The molecule has 0 radical (unpaired) electrons. The Labute approximate surface area is 147 Å². The molecule has 2 heterocycles. The first-order valence-corrected chi connectivity index (χ1v) is 8.69. The highest BCUT2D eigenvalue weighted by Gasteiger charge is 2.16. The lowest BCUT2D eigenvalue weighted by Crippen LogP contribution is -2.18. The van der Waals surface area contributed by atoms with E-state index in [2.05, 4.69) is 29.2 Å². The summed E-state index contributed by atoms with van der Waals surface area (Å²) in [5.74, 6) is 0.630. The van der Waals surface area contributed by atoms with Gasteiger partial charge in [-0.1, -0.05) is 18.2 Å². The third-order valence-corrected chi connectivity index (χ3v) is 4.88. The van der Waals surface area contributed by atoms with Gasteiger partial charge in [-0.05, 0) is 55.2 Å². The number of aromatic hydroxyl groups is 1. The molecule has 0 saturated carbocycles. The number of aromatic nitrogens is 1. The van der Waals surface area contributed by atoms with Crippen LogP contribution in [0.4, 0.5) is 5.69 Å². The second-order valence-electron chi connectivity index (χ2n) is 6.60. The first kappa shape index (κ1) is 15.8. The lowest BCUT2D eigenvalue weighted by atomic mass is 10.0. The fraction of sp³-hybridized carbons (Fsp3) is 0.286. The number of methoxy groups -OCH3 is 1. The number of fused-ring (bicyclic) bond motifs is 1. The summed E-state index contributed by atoms with van der Waals surface area (Å²) in [6.45, 7) is 4.28. The maximum atomic E-state index is 10.1. The molecule has 1 aromatic heterocycles. The van der Waals surface area contributed by atoms with Crippen molar-refractivity contribution in [2.75, 3.05) is 25.1 Å². The van der Waals surface area contributed by atoms with Crippen molar-refractivity contribution in [3.63, 3.8) is 0 Å². The highest BCUT2D eigenvalue weighted by atomic mass is 16.5. The summed E-state index contributed by atoms with van der Waals surface area (Å²) in [5.41, 5.74) is 5.30. The van der Waals surface area contributed by atoms with Gasteiger partial charge in [0.1, 0.15) is 0 Å². The van der Waals surface area contributed by atoms with Crippen molar-refractivity contribution < 1.29 is 9.84 Å². The van der Waals surface area contributed by atoms with Gasteiger partial charge in [-0.2, -0.15) is 0 Å². The molecule has 2 aromatic carbocycles. The molecule has 3 aromatic rings. The Morgan fingerprint density at radius 3 is 2.44 bits per heavy atom. The minimum atomic E-state index is 0.148. The number of hydrogen-bond acceptors (Lipinski definition) is 4. The van der Waals surface area contributed by atoms with Crippen LogP contribution in [0.15, 0.2) is 42.5 Å². The number of rotatable bonds is 3. The summed E-state index contributed by atoms with van der Waals surface area (Å²) in [6, 6.07) is 14.0. The average molecular weight is 334 g/mol. The van der Waals surface area contributed by atoms with Gasteiger partial charge in [0.05, 0.1) is 12.6 Å². The molecule has 4 nitrogen and oxygen atoms in total.